The van der Waals surface area contributed by atoms with Gasteiger partial charge in [-0.15, -0.1) is 6.58 Å². The summed E-state index contributed by atoms with van der Waals surface area (Å²) < 4.78 is 5.18. The Kier molecular flexibility index (Phi) is 8.96. The molecule has 0 spiro atoms. The van der Waals surface area contributed by atoms with Gasteiger partial charge in [0.05, 0.1) is 6.61 Å². The number of nitrogens with zero attached hydrogens (tertiary/aromatic N) is 1. The summed E-state index contributed by atoms with van der Waals surface area (Å²) >= 11 is 0. The predicted molar refractivity (Wildman–Crippen MR) is 85.8 cm³/mol. The van der Waals surface area contributed by atoms with Crippen molar-refractivity contribution < 1.29 is 4.74 Å². The summed E-state index contributed by atoms with van der Waals surface area (Å²) in [6.45, 7) is 11.5. The molecule has 0 heterocycles. The monoisotopic (exact) mass is 276 g/mol. The lowest BCUT2D eigenvalue weighted by atomic mass is 10.1. The first kappa shape index (κ1) is 16.9. The number of rotatable bonds is 11. The smallest absolute Gasteiger partial charge is 0.0589 e. The molecule has 0 aromatic heterocycles. The van der Waals surface area contributed by atoms with Crippen molar-refractivity contribution in [3.63, 3.8) is 0 Å². The molecule has 0 aliphatic heterocycles. The molecule has 112 valence electrons. The standard InChI is InChI=1S/C17H28N2O/c1-4-10-18-14-16-8-6-7-9-17(16)15-19(11-5-2)12-13-20-3/h5-9,18H,2,4,10-15H2,1,3H3. The quantitative estimate of drug-likeness (QED) is 0.497. The Morgan fingerprint density at radius 2 is 2.05 bits per heavy atom. The zero-order chi connectivity index (χ0) is 14.6. The molecule has 0 bridgehead atoms. The van der Waals surface area contributed by atoms with Crippen molar-refractivity contribution in [3.05, 3.63) is 48.0 Å². The number of hydrogen-bond acceptors (Lipinski definition) is 3. The molecule has 0 amide bonds. The summed E-state index contributed by atoms with van der Waals surface area (Å²) in [6.07, 6.45) is 3.12. The van der Waals surface area contributed by atoms with Crippen molar-refractivity contribution in [2.75, 3.05) is 33.4 Å². The van der Waals surface area contributed by atoms with Gasteiger partial charge in [0, 0.05) is 33.3 Å². The van der Waals surface area contributed by atoms with Gasteiger partial charge in [0.25, 0.3) is 0 Å². The minimum Gasteiger partial charge on any atom is -0.383 e. The summed E-state index contributed by atoms with van der Waals surface area (Å²) in [5.41, 5.74) is 2.77. The van der Waals surface area contributed by atoms with Gasteiger partial charge in [0.15, 0.2) is 0 Å². The first-order chi connectivity index (χ1) is 9.81. The first-order valence-corrected chi connectivity index (χ1v) is 7.41. The molecule has 0 atom stereocenters. The maximum Gasteiger partial charge on any atom is 0.0589 e. The highest BCUT2D eigenvalue weighted by molar-refractivity contribution is 5.27. The highest BCUT2D eigenvalue weighted by atomic mass is 16.5. The van der Waals surface area contributed by atoms with E-state index in [1.54, 1.807) is 7.11 Å². The van der Waals surface area contributed by atoms with Crippen molar-refractivity contribution in [2.24, 2.45) is 0 Å². The van der Waals surface area contributed by atoms with Gasteiger partial charge in [-0.1, -0.05) is 37.3 Å². The molecule has 0 saturated carbocycles. The normalized spacial score (nSPS) is 10.9. The second-order valence-corrected chi connectivity index (χ2v) is 4.96. The maximum absolute atomic E-state index is 5.18. The van der Waals surface area contributed by atoms with Crippen LogP contribution in [0.4, 0.5) is 0 Å². The summed E-state index contributed by atoms with van der Waals surface area (Å²) in [4.78, 5) is 2.36. The second kappa shape index (κ2) is 10.6. The number of ether oxygens (including phenoxy) is 1. The summed E-state index contributed by atoms with van der Waals surface area (Å²) in [6, 6.07) is 8.65. The van der Waals surface area contributed by atoms with Gasteiger partial charge in [0.1, 0.15) is 0 Å². The van der Waals surface area contributed by atoms with Crippen LogP contribution in [0.15, 0.2) is 36.9 Å². The molecule has 20 heavy (non-hydrogen) atoms. The van der Waals surface area contributed by atoms with Gasteiger partial charge >= 0.3 is 0 Å². The van der Waals surface area contributed by atoms with Crippen molar-refractivity contribution in [1.82, 2.24) is 10.2 Å². The average Bonchev–Trinajstić information content (AvgIpc) is 2.47. The molecule has 0 fully saturated rings. The molecule has 1 aromatic carbocycles. The fourth-order valence-electron chi connectivity index (χ4n) is 2.16. The third-order valence-electron chi connectivity index (χ3n) is 3.25. The molecule has 1 aromatic rings. The van der Waals surface area contributed by atoms with E-state index in [-0.39, 0.29) is 0 Å². The molecular weight excluding hydrogens is 248 g/mol. The molecule has 3 heteroatoms. The van der Waals surface area contributed by atoms with Gasteiger partial charge in [-0.2, -0.15) is 0 Å². The fraction of sp³-hybridized carbons (Fsp3) is 0.529. The van der Waals surface area contributed by atoms with E-state index in [1.807, 2.05) is 6.08 Å². The number of nitrogens with one attached hydrogen (secondary N) is 1. The van der Waals surface area contributed by atoms with Crippen LogP contribution in [0.2, 0.25) is 0 Å². The molecule has 0 radical (unpaired) electrons. The Labute approximate surface area is 123 Å². The Balaban J connectivity index is 2.64. The van der Waals surface area contributed by atoms with E-state index >= 15 is 0 Å². The van der Waals surface area contributed by atoms with Crippen LogP contribution in [0.1, 0.15) is 24.5 Å². The zero-order valence-electron chi connectivity index (χ0n) is 12.9. The van der Waals surface area contributed by atoms with E-state index in [4.69, 9.17) is 4.74 Å². The van der Waals surface area contributed by atoms with Gasteiger partial charge in [-0.25, -0.2) is 0 Å². The van der Waals surface area contributed by atoms with Crippen molar-refractivity contribution in [1.29, 1.82) is 0 Å². The van der Waals surface area contributed by atoms with Crippen LogP contribution in [0.5, 0.6) is 0 Å². The predicted octanol–water partition coefficient (Wildman–Crippen LogP) is 2.82. The average molecular weight is 276 g/mol. The topological polar surface area (TPSA) is 24.5 Å². The Morgan fingerprint density at radius 3 is 2.70 bits per heavy atom. The van der Waals surface area contributed by atoms with Crippen LogP contribution in [-0.2, 0) is 17.8 Å². The van der Waals surface area contributed by atoms with E-state index in [0.717, 1.165) is 39.3 Å². The minimum absolute atomic E-state index is 0.754. The van der Waals surface area contributed by atoms with E-state index in [9.17, 15) is 0 Å². The van der Waals surface area contributed by atoms with Gasteiger partial charge in [0.2, 0.25) is 0 Å². The van der Waals surface area contributed by atoms with Crippen LogP contribution in [0.3, 0.4) is 0 Å². The zero-order valence-corrected chi connectivity index (χ0v) is 12.9. The summed E-state index contributed by atoms with van der Waals surface area (Å²) in [5, 5.41) is 3.48. The number of benzene rings is 1. The van der Waals surface area contributed by atoms with Crippen LogP contribution in [-0.4, -0.2) is 38.3 Å². The molecule has 0 aliphatic carbocycles. The van der Waals surface area contributed by atoms with Gasteiger partial charge in [-0.3, -0.25) is 4.90 Å². The first-order valence-electron chi connectivity index (χ1n) is 7.41. The minimum atomic E-state index is 0.754. The van der Waals surface area contributed by atoms with Crippen LogP contribution < -0.4 is 5.32 Å². The van der Waals surface area contributed by atoms with Crippen molar-refractivity contribution in [2.45, 2.75) is 26.4 Å². The third-order valence-corrected chi connectivity index (χ3v) is 3.25. The number of hydrogen-bond donors (Lipinski definition) is 1. The third kappa shape index (κ3) is 6.33. The molecular formula is C17H28N2O. The Bertz CT molecular complexity index is 379. The van der Waals surface area contributed by atoms with E-state index in [0.29, 0.717) is 0 Å². The van der Waals surface area contributed by atoms with Gasteiger partial charge < -0.3 is 10.1 Å². The van der Waals surface area contributed by atoms with E-state index < -0.39 is 0 Å². The van der Waals surface area contributed by atoms with Crippen molar-refractivity contribution in [3.8, 4) is 0 Å². The summed E-state index contributed by atoms with van der Waals surface area (Å²) in [5.74, 6) is 0. The number of methoxy groups -OCH3 is 1. The lowest BCUT2D eigenvalue weighted by molar-refractivity contribution is 0.151. The highest BCUT2D eigenvalue weighted by Gasteiger charge is 2.07. The van der Waals surface area contributed by atoms with E-state index in [1.165, 1.54) is 17.5 Å². The van der Waals surface area contributed by atoms with Crippen LogP contribution >= 0.6 is 0 Å². The molecule has 0 aliphatic rings. The molecule has 0 unspecified atom stereocenters. The highest BCUT2D eigenvalue weighted by Crippen LogP contribution is 2.12. The Hall–Kier alpha value is -1.16. The summed E-state index contributed by atoms with van der Waals surface area (Å²) in [7, 11) is 1.74. The SMILES string of the molecule is C=CCN(CCOC)Cc1ccccc1CNCCC. The fourth-order valence-corrected chi connectivity index (χ4v) is 2.16. The largest absolute Gasteiger partial charge is 0.383 e. The molecule has 1 rings (SSSR count). The lowest BCUT2D eigenvalue weighted by Gasteiger charge is -2.22. The lowest BCUT2D eigenvalue weighted by Crippen LogP contribution is -2.28. The second-order valence-electron chi connectivity index (χ2n) is 4.96. The maximum atomic E-state index is 5.18. The molecule has 3 nitrogen and oxygen atoms in total. The van der Waals surface area contributed by atoms with Crippen LogP contribution in [0, 0.1) is 0 Å². The van der Waals surface area contributed by atoms with Crippen LogP contribution in [0.25, 0.3) is 0 Å². The van der Waals surface area contributed by atoms with Gasteiger partial charge in [-0.05, 0) is 24.1 Å². The van der Waals surface area contributed by atoms with Crippen molar-refractivity contribution >= 4 is 0 Å². The molecule has 0 saturated heterocycles. The Morgan fingerprint density at radius 1 is 1.30 bits per heavy atom. The molecule has 1 N–H and O–H groups in total. The van der Waals surface area contributed by atoms with E-state index in [2.05, 4.69) is 48.0 Å².